The molecule has 0 atom stereocenters. The van der Waals surface area contributed by atoms with Crippen LogP contribution >= 0.6 is 12.2 Å². The Morgan fingerprint density at radius 3 is 2.41 bits per heavy atom. The van der Waals surface area contributed by atoms with Crippen LogP contribution in [0.5, 0.6) is 5.75 Å². The number of rotatable bonds is 6. The van der Waals surface area contributed by atoms with Crippen molar-refractivity contribution >= 4 is 28.9 Å². The Labute approximate surface area is 178 Å². The molecular formula is C22H28N4O2S. The van der Waals surface area contributed by atoms with Crippen molar-refractivity contribution in [1.82, 2.24) is 15.1 Å². The van der Waals surface area contributed by atoms with Crippen molar-refractivity contribution in [3.05, 3.63) is 60.2 Å². The molecule has 1 fully saturated rings. The summed E-state index contributed by atoms with van der Waals surface area (Å²) in [5.41, 5.74) is 1.99. The molecule has 1 saturated heterocycles. The molecule has 0 saturated carbocycles. The molecule has 1 amide bonds. The fraction of sp³-hybridized carbons (Fsp3) is 0.364. The minimum atomic E-state index is 0.0986. The van der Waals surface area contributed by atoms with Crippen LogP contribution < -0.4 is 15.0 Å². The first kappa shape index (κ1) is 21.1. The van der Waals surface area contributed by atoms with Crippen molar-refractivity contribution in [2.75, 3.05) is 51.8 Å². The number of benzene rings is 2. The van der Waals surface area contributed by atoms with E-state index in [1.165, 1.54) is 0 Å². The number of methoxy groups -OCH3 is 1. The van der Waals surface area contributed by atoms with E-state index in [1.54, 1.807) is 12.0 Å². The van der Waals surface area contributed by atoms with Crippen LogP contribution in [0.15, 0.2) is 54.6 Å². The number of amides is 1. The average Bonchev–Trinajstić information content (AvgIpc) is 2.78. The van der Waals surface area contributed by atoms with E-state index in [0.29, 0.717) is 13.1 Å². The van der Waals surface area contributed by atoms with Gasteiger partial charge in [-0.25, -0.2) is 0 Å². The molecule has 1 aliphatic rings. The molecule has 1 aliphatic heterocycles. The van der Waals surface area contributed by atoms with Gasteiger partial charge in [0.25, 0.3) is 0 Å². The summed E-state index contributed by atoms with van der Waals surface area (Å²) >= 11 is 5.56. The monoisotopic (exact) mass is 412 g/mol. The van der Waals surface area contributed by atoms with Crippen LogP contribution in [0.1, 0.15) is 5.56 Å². The number of nitrogens with zero attached hydrogens (tertiary/aromatic N) is 3. The second kappa shape index (κ2) is 10.2. The molecule has 154 valence electrons. The predicted octanol–water partition coefficient (Wildman–Crippen LogP) is 2.35. The van der Waals surface area contributed by atoms with Gasteiger partial charge in [-0.1, -0.05) is 36.4 Å². The highest BCUT2D eigenvalue weighted by Crippen LogP contribution is 2.17. The Morgan fingerprint density at radius 1 is 1.07 bits per heavy atom. The average molecular weight is 413 g/mol. The number of nitrogens with one attached hydrogen (secondary N) is 1. The van der Waals surface area contributed by atoms with E-state index in [1.807, 2.05) is 61.6 Å². The molecule has 1 N–H and O–H groups in total. The smallest absolute Gasteiger partial charge is 0.240 e. The lowest BCUT2D eigenvalue weighted by molar-refractivity contribution is -0.119. The molecule has 2 aromatic carbocycles. The third-order valence-corrected chi connectivity index (χ3v) is 5.56. The highest BCUT2D eigenvalue weighted by Gasteiger charge is 2.22. The topological polar surface area (TPSA) is 48.1 Å². The maximum absolute atomic E-state index is 12.6. The Bertz CT molecular complexity index is 823. The van der Waals surface area contributed by atoms with Gasteiger partial charge in [0.1, 0.15) is 5.75 Å². The van der Waals surface area contributed by atoms with Gasteiger partial charge in [0, 0.05) is 51.0 Å². The Balaban J connectivity index is 1.44. The summed E-state index contributed by atoms with van der Waals surface area (Å²) in [6, 6.07) is 17.6. The number of piperazine rings is 1. The molecule has 29 heavy (non-hydrogen) atoms. The van der Waals surface area contributed by atoms with Gasteiger partial charge in [-0.15, -0.1) is 0 Å². The minimum Gasteiger partial charge on any atom is -0.496 e. The standard InChI is InChI=1S/C22H28N4O2S/c1-24(19-9-4-3-5-10-19)21(27)17-25-12-14-26(15-13-25)22(29)23-16-18-8-6-7-11-20(18)28-2/h3-11H,12-17H2,1-2H3,(H,23,29). The highest BCUT2D eigenvalue weighted by atomic mass is 32.1. The van der Waals surface area contributed by atoms with E-state index in [2.05, 4.69) is 15.1 Å². The molecule has 0 unspecified atom stereocenters. The molecule has 2 aromatic rings. The summed E-state index contributed by atoms with van der Waals surface area (Å²) in [5, 5.41) is 4.06. The molecule has 0 aliphatic carbocycles. The molecule has 0 spiro atoms. The molecule has 0 bridgehead atoms. The van der Waals surface area contributed by atoms with Gasteiger partial charge in [-0.3, -0.25) is 9.69 Å². The third kappa shape index (κ3) is 5.68. The zero-order chi connectivity index (χ0) is 20.6. The van der Waals surface area contributed by atoms with Crippen LogP contribution in [-0.2, 0) is 11.3 Å². The van der Waals surface area contributed by atoms with Gasteiger partial charge in [0.15, 0.2) is 5.11 Å². The van der Waals surface area contributed by atoms with Gasteiger partial charge in [-0.2, -0.15) is 0 Å². The predicted molar refractivity (Wildman–Crippen MR) is 120 cm³/mol. The summed E-state index contributed by atoms with van der Waals surface area (Å²) in [4.78, 5) is 18.6. The normalized spacial score (nSPS) is 14.3. The van der Waals surface area contributed by atoms with Crippen LogP contribution in [0, 0.1) is 0 Å². The van der Waals surface area contributed by atoms with E-state index in [0.717, 1.165) is 48.3 Å². The number of carbonyl (C=O) groups is 1. The Kier molecular flexibility index (Phi) is 7.43. The van der Waals surface area contributed by atoms with Crippen LogP contribution in [0.3, 0.4) is 0 Å². The minimum absolute atomic E-state index is 0.0986. The molecule has 1 heterocycles. The lowest BCUT2D eigenvalue weighted by Gasteiger charge is -2.36. The van der Waals surface area contributed by atoms with E-state index >= 15 is 0 Å². The molecule has 0 radical (unpaired) electrons. The van der Waals surface area contributed by atoms with Crippen molar-refractivity contribution in [3.8, 4) is 5.75 Å². The molecule has 3 rings (SSSR count). The Hall–Kier alpha value is -2.64. The second-order valence-corrected chi connectivity index (χ2v) is 7.41. The summed E-state index contributed by atoms with van der Waals surface area (Å²) in [5.74, 6) is 0.954. The fourth-order valence-electron chi connectivity index (χ4n) is 3.33. The summed E-state index contributed by atoms with van der Waals surface area (Å²) in [6.07, 6.45) is 0. The first-order valence-corrected chi connectivity index (χ1v) is 10.2. The first-order chi connectivity index (χ1) is 14.1. The van der Waals surface area contributed by atoms with Gasteiger partial charge < -0.3 is 19.9 Å². The number of carbonyl (C=O) groups excluding carboxylic acids is 1. The van der Waals surface area contributed by atoms with E-state index in [-0.39, 0.29) is 5.91 Å². The summed E-state index contributed by atoms with van der Waals surface area (Å²) in [6.45, 7) is 4.28. The van der Waals surface area contributed by atoms with E-state index in [9.17, 15) is 4.79 Å². The van der Waals surface area contributed by atoms with Crippen molar-refractivity contribution < 1.29 is 9.53 Å². The SMILES string of the molecule is COc1ccccc1CNC(=S)N1CCN(CC(=O)N(C)c2ccccc2)CC1. The van der Waals surface area contributed by atoms with Crippen molar-refractivity contribution in [2.45, 2.75) is 6.54 Å². The van der Waals surface area contributed by atoms with Crippen molar-refractivity contribution in [1.29, 1.82) is 0 Å². The lowest BCUT2D eigenvalue weighted by Crippen LogP contribution is -2.53. The van der Waals surface area contributed by atoms with Crippen LogP contribution in [0.4, 0.5) is 5.69 Å². The molecule has 6 nitrogen and oxygen atoms in total. The van der Waals surface area contributed by atoms with Gasteiger partial charge in [0.2, 0.25) is 5.91 Å². The number of anilines is 1. The van der Waals surface area contributed by atoms with Gasteiger partial charge in [0.05, 0.1) is 13.7 Å². The first-order valence-electron chi connectivity index (χ1n) is 9.77. The second-order valence-electron chi connectivity index (χ2n) is 7.02. The number of thiocarbonyl (C=S) groups is 1. The number of hydrogen-bond donors (Lipinski definition) is 1. The zero-order valence-electron chi connectivity index (χ0n) is 17.0. The van der Waals surface area contributed by atoms with E-state index in [4.69, 9.17) is 17.0 Å². The van der Waals surface area contributed by atoms with Crippen LogP contribution in [0.25, 0.3) is 0 Å². The molecule has 7 heteroatoms. The quantitative estimate of drug-likeness (QED) is 0.735. The maximum atomic E-state index is 12.6. The van der Waals surface area contributed by atoms with Crippen molar-refractivity contribution in [2.24, 2.45) is 0 Å². The summed E-state index contributed by atoms with van der Waals surface area (Å²) < 4.78 is 5.39. The largest absolute Gasteiger partial charge is 0.496 e. The zero-order valence-corrected chi connectivity index (χ0v) is 17.8. The number of likely N-dealkylation sites (N-methyl/N-ethyl adjacent to an activating group) is 1. The van der Waals surface area contributed by atoms with Crippen LogP contribution in [0.2, 0.25) is 0 Å². The van der Waals surface area contributed by atoms with Gasteiger partial charge >= 0.3 is 0 Å². The maximum Gasteiger partial charge on any atom is 0.240 e. The highest BCUT2D eigenvalue weighted by molar-refractivity contribution is 7.80. The fourth-order valence-corrected chi connectivity index (χ4v) is 3.59. The lowest BCUT2D eigenvalue weighted by atomic mass is 10.2. The number of para-hydroxylation sites is 2. The third-order valence-electron chi connectivity index (χ3n) is 5.16. The number of hydrogen-bond acceptors (Lipinski definition) is 4. The molecule has 0 aromatic heterocycles. The van der Waals surface area contributed by atoms with E-state index < -0.39 is 0 Å². The van der Waals surface area contributed by atoms with Crippen molar-refractivity contribution in [3.63, 3.8) is 0 Å². The molecular weight excluding hydrogens is 384 g/mol. The summed E-state index contributed by atoms with van der Waals surface area (Å²) in [7, 11) is 3.50. The van der Waals surface area contributed by atoms with Gasteiger partial charge in [-0.05, 0) is 30.4 Å². The number of ether oxygens (including phenoxy) is 1. The Morgan fingerprint density at radius 2 is 1.72 bits per heavy atom. The van der Waals surface area contributed by atoms with Crippen LogP contribution in [-0.4, -0.2) is 67.7 Å².